The quantitative estimate of drug-likeness (QED) is 0.750. The highest BCUT2D eigenvalue weighted by molar-refractivity contribution is 5.94. The van der Waals surface area contributed by atoms with Gasteiger partial charge in [-0.1, -0.05) is 0 Å². The molecule has 8 heteroatoms. The second kappa shape index (κ2) is 7.38. The van der Waals surface area contributed by atoms with E-state index in [1.54, 1.807) is 17.0 Å². The number of nitrogens with zero attached hydrogens (tertiary/aromatic N) is 3. The predicted molar refractivity (Wildman–Crippen MR) is 98.5 cm³/mol. The fourth-order valence-corrected chi connectivity index (χ4v) is 3.25. The molecule has 3 aromatic rings. The van der Waals surface area contributed by atoms with Gasteiger partial charge in [0.05, 0.1) is 5.69 Å². The molecule has 1 saturated heterocycles. The van der Waals surface area contributed by atoms with E-state index in [0.717, 1.165) is 35.3 Å². The maximum atomic E-state index is 13.4. The van der Waals surface area contributed by atoms with Crippen LogP contribution in [0.3, 0.4) is 0 Å². The number of aromatic nitrogens is 2. The second-order valence-corrected chi connectivity index (χ2v) is 6.58. The predicted octanol–water partition coefficient (Wildman–Crippen LogP) is 3.46. The van der Waals surface area contributed by atoms with Gasteiger partial charge in [0.15, 0.2) is 5.82 Å². The molecular weight excluding hydrogens is 369 g/mol. The van der Waals surface area contributed by atoms with Gasteiger partial charge in [0, 0.05) is 43.9 Å². The first-order chi connectivity index (χ1) is 13.5. The fraction of sp³-hybridized carbons (Fsp3) is 0.200. The number of H-pyrrole nitrogens is 1. The molecule has 1 amide bonds. The third-order valence-electron chi connectivity index (χ3n) is 4.72. The molecule has 0 aliphatic carbocycles. The van der Waals surface area contributed by atoms with E-state index in [4.69, 9.17) is 0 Å². The van der Waals surface area contributed by atoms with E-state index in [0.29, 0.717) is 26.2 Å². The van der Waals surface area contributed by atoms with E-state index in [2.05, 4.69) is 10.2 Å². The summed E-state index contributed by atoms with van der Waals surface area (Å²) < 4.78 is 39.8. The van der Waals surface area contributed by atoms with Crippen molar-refractivity contribution in [3.63, 3.8) is 0 Å². The summed E-state index contributed by atoms with van der Waals surface area (Å²) in [6.45, 7) is 1.90. The van der Waals surface area contributed by atoms with Crippen molar-refractivity contribution in [1.82, 2.24) is 15.1 Å². The number of hydrogen-bond donors (Lipinski definition) is 1. The zero-order valence-corrected chi connectivity index (χ0v) is 14.8. The lowest BCUT2D eigenvalue weighted by Gasteiger charge is -2.34. The highest BCUT2D eigenvalue weighted by Gasteiger charge is 2.24. The molecular formula is C20H17F3N4O. The summed E-state index contributed by atoms with van der Waals surface area (Å²) in [4.78, 5) is 16.1. The van der Waals surface area contributed by atoms with Gasteiger partial charge in [-0.2, -0.15) is 5.10 Å². The SMILES string of the molecule is O=C(c1cc(F)cc(F)c1)N1CCN(c2cc(-c3ccc(F)cc3)[nH]n2)CC1. The summed E-state index contributed by atoms with van der Waals surface area (Å²) >= 11 is 0. The van der Waals surface area contributed by atoms with Crippen molar-refractivity contribution in [2.24, 2.45) is 0 Å². The normalized spacial score (nSPS) is 14.4. The van der Waals surface area contributed by atoms with Gasteiger partial charge in [-0.15, -0.1) is 0 Å². The second-order valence-electron chi connectivity index (χ2n) is 6.58. The van der Waals surface area contributed by atoms with Gasteiger partial charge in [0.1, 0.15) is 17.5 Å². The molecule has 0 spiro atoms. The summed E-state index contributed by atoms with van der Waals surface area (Å²) in [5.41, 5.74) is 1.59. The number of carbonyl (C=O) groups is 1. The molecule has 144 valence electrons. The van der Waals surface area contributed by atoms with Crippen LogP contribution in [-0.4, -0.2) is 47.2 Å². The van der Waals surface area contributed by atoms with Gasteiger partial charge in [-0.3, -0.25) is 9.89 Å². The largest absolute Gasteiger partial charge is 0.352 e. The summed E-state index contributed by atoms with van der Waals surface area (Å²) in [5.74, 6) is -1.52. The van der Waals surface area contributed by atoms with Crippen LogP contribution in [0.4, 0.5) is 19.0 Å². The van der Waals surface area contributed by atoms with Crippen molar-refractivity contribution in [2.45, 2.75) is 0 Å². The lowest BCUT2D eigenvalue weighted by Crippen LogP contribution is -2.49. The van der Waals surface area contributed by atoms with Crippen molar-refractivity contribution in [3.05, 3.63) is 71.5 Å². The monoisotopic (exact) mass is 386 g/mol. The molecule has 5 nitrogen and oxygen atoms in total. The maximum absolute atomic E-state index is 13.4. The van der Waals surface area contributed by atoms with Crippen LogP contribution in [0.2, 0.25) is 0 Å². The Bertz CT molecular complexity index is 975. The molecule has 1 aromatic heterocycles. The molecule has 2 heterocycles. The van der Waals surface area contributed by atoms with Crippen LogP contribution in [0.1, 0.15) is 10.4 Å². The summed E-state index contributed by atoms with van der Waals surface area (Å²) in [6, 6.07) is 10.8. The Balaban J connectivity index is 1.41. The highest BCUT2D eigenvalue weighted by Crippen LogP contribution is 2.23. The van der Waals surface area contributed by atoms with Gasteiger partial charge in [-0.05, 0) is 42.0 Å². The summed E-state index contributed by atoms with van der Waals surface area (Å²) in [6.07, 6.45) is 0. The van der Waals surface area contributed by atoms with Crippen LogP contribution >= 0.6 is 0 Å². The van der Waals surface area contributed by atoms with E-state index in [1.165, 1.54) is 12.1 Å². The molecule has 2 aromatic carbocycles. The number of rotatable bonds is 3. The number of anilines is 1. The zero-order chi connectivity index (χ0) is 19.7. The molecule has 28 heavy (non-hydrogen) atoms. The van der Waals surface area contributed by atoms with Crippen LogP contribution < -0.4 is 4.90 Å². The molecule has 1 aliphatic heterocycles. The van der Waals surface area contributed by atoms with E-state index in [-0.39, 0.29) is 11.4 Å². The van der Waals surface area contributed by atoms with E-state index < -0.39 is 17.5 Å². The number of amides is 1. The van der Waals surface area contributed by atoms with Gasteiger partial charge in [-0.25, -0.2) is 13.2 Å². The van der Waals surface area contributed by atoms with E-state index >= 15 is 0 Å². The molecule has 1 N–H and O–H groups in total. The number of hydrogen-bond acceptors (Lipinski definition) is 3. The van der Waals surface area contributed by atoms with Crippen molar-refractivity contribution < 1.29 is 18.0 Å². The van der Waals surface area contributed by atoms with Gasteiger partial charge in [0.25, 0.3) is 5.91 Å². The molecule has 0 unspecified atom stereocenters. The lowest BCUT2D eigenvalue weighted by molar-refractivity contribution is 0.0745. The summed E-state index contributed by atoms with van der Waals surface area (Å²) in [5, 5.41) is 7.23. The van der Waals surface area contributed by atoms with Crippen LogP contribution in [0, 0.1) is 17.5 Å². The van der Waals surface area contributed by atoms with Crippen LogP contribution in [0.15, 0.2) is 48.5 Å². The standard InChI is InChI=1S/C20H17F3N4O/c21-15-3-1-13(2-4-15)18-12-19(25-24-18)26-5-7-27(8-6-26)20(28)14-9-16(22)11-17(23)10-14/h1-4,9-12H,5-8H2,(H,24,25). The molecule has 0 atom stereocenters. The Morgan fingerprint density at radius 1 is 0.857 bits per heavy atom. The van der Waals surface area contributed by atoms with Gasteiger partial charge < -0.3 is 9.80 Å². The minimum Gasteiger partial charge on any atom is -0.352 e. The van der Waals surface area contributed by atoms with Gasteiger partial charge >= 0.3 is 0 Å². The Labute approximate surface area is 159 Å². The van der Waals surface area contributed by atoms with Crippen LogP contribution in [0.25, 0.3) is 11.3 Å². The Kier molecular flexibility index (Phi) is 4.77. The molecule has 4 rings (SSSR count). The Morgan fingerprint density at radius 3 is 2.14 bits per heavy atom. The topological polar surface area (TPSA) is 52.2 Å². The lowest BCUT2D eigenvalue weighted by atomic mass is 10.1. The van der Waals surface area contributed by atoms with E-state index in [1.807, 2.05) is 11.0 Å². The number of nitrogens with one attached hydrogen (secondary N) is 1. The fourth-order valence-electron chi connectivity index (χ4n) is 3.25. The average molecular weight is 386 g/mol. The van der Waals surface area contributed by atoms with Crippen molar-refractivity contribution in [2.75, 3.05) is 31.1 Å². The number of benzene rings is 2. The Morgan fingerprint density at radius 2 is 1.50 bits per heavy atom. The minimum atomic E-state index is -0.771. The first kappa shape index (κ1) is 18.1. The number of carbonyl (C=O) groups excluding carboxylic acids is 1. The molecule has 0 bridgehead atoms. The molecule has 1 aliphatic rings. The van der Waals surface area contributed by atoms with Crippen molar-refractivity contribution in [1.29, 1.82) is 0 Å². The van der Waals surface area contributed by atoms with Crippen molar-refractivity contribution in [3.8, 4) is 11.3 Å². The molecule has 0 radical (unpaired) electrons. The van der Waals surface area contributed by atoms with E-state index in [9.17, 15) is 18.0 Å². The average Bonchev–Trinajstić information content (AvgIpc) is 3.17. The number of halogens is 3. The zero-order valence-electron chi connectivity index (χ0n) is 14.8. The summed E-state index contributed by atoms with van der Waals surface area (Å²) in [7, 11) is 0. The van der Waals surface area contributed by atoms with Crippen LogP contribution in [0.5, 0.6) is 0 Å². The number of aromatic amines is 1. The smallest absolute Gasteiger partial charge is 0.254 e. The molecule has 1 fully saturated rings. The highest BCUT2D eigenvalue weighted by atomic mass is 19.1. The maximum Gasteiger partial charge on any atom is 0.254 e. The minimum absolute atomic E-state index is 0.00400. The van der Waals surface area contributed by atoms with Crippen molar-refractivity contribution >= 4 is 11.7 Å². The first-order valence-corrected chi connectivity index (χ1v) is 8.81. The third-order valence-corrected chi connectivity index (χ3v) is 4.72. The van der Waals surface area contributed by atoms with Crippen LogP contribution in [-0.2, 0) is 0 Å². The third kappa shape index (κ3) is 3.71. The first-order valence-electron chi connectivity index (χ1n) is 8.81. The number of piperazine rings is 1. The Hall–Kier alpha value is -3.29. The molecule has 0 saturated carbocycles. The van der Waals surface area contributed by atoms with Gasteiger partial charge in [0.2, 0.25) is 0 Å².